The Bertz CT molecular complexity index is 211. The van der Waals surface area contributed by atoms with Crippen molar-refractivity contribution in [3.8, 4) is 0 Å². The first-order chi connectivity index (χ1) is 8.16. The van der Waals surface area contributed by atoms with Gasteiger partial charge in [0.25, 0.3) is 0 Å². The largest absolute Gasteiger partial charge is 0.460 e. The van der Waals surface area contributed by atoms with E-state index in [1.165, 1.54) is 6.08 Å². The molecule has 0 fully saturated rings. The van der Waals surface area contributed by atoms with Crippen LogP contribution < -0.4 is 0 Å². The first-order valence-corrected chi connectivity index (χ1v) is 6.12. The number of unbranched alkanes of at least 4 members (excludes halogenated alkanes) is 5. The third-order valence-corrected chi connectivity index (χ3v) is 2.20. The van der Waals surface area contributed by atoms with Gasteiger partial charge >= 0.3 is 5.97 Å². The molecule has 4 heteroatoms. The van der Waals surface area contributed by atoms with Crippen LogP contribution in [0.3, 0.4) is 0 Å². The van der Waals surface area contributed by atoms with E-state index in [0.717, 1.165) is 38.5 Å². The molecule has 0 spiro atoms. The number of carbonyl (C=O) groups is 1. The van der Waals surface area contributed by atoms with E-state index in [1.54, 1.807) is 6.08 Å². The molecular formula is C13H23O4. The Morgan fingerprint density at radius 1 is 1.24 bits per heavy atom. The minimum absolute atomic E-state index is 0.0651. The Labute approximate surface area is 103 Å². The number of hydrogen-bond donors (Lipinski definition) is 2. The molecule has 0 bridgehead atoms. The molecule has 2 N–H and O–H groups in total. The lowest BCUT2D eigenvalue weighted by Gasteiger charge is -2.03. The summed E-state index contributed by atoms with van der Waals surface area (Å²) in [7, 11) is 0. The molecule has 0 amide bonds. The highest BCUT2D eigenvalue weighted by molar-refractivity contribution is 5.81. The van der Waals surface area contributed by atoms with Crippen molar-refractivity contribution in [2.75, 3.05) is 13.2 Å². The number of allylic oxidation sites excluding steroid dienone is 1. The van der Waals surface area contributed by atoms with Gasteiger partial charge in [-0.2, -0.15) is 0 Å². The van der Waals surface area contributed by atoms with Crippen LogP contribution in [0, 0.1) is 6.92 Å². The Balaban J connectivity index is 3.32. The fourth-order valence-electron chi connectivity index (χ4n) is 1.31. The minimum Gasteiger partial charge on any atom is -0.460 e. The Morgan fingerprint density at radius 3 is 2.53 bits per heavy atom. The Hall–Kier alpha value is -0.870. The lowest BCUT2D eigenvalue weighted by Crippen LogP contribution is -2.13. The van der Waals surface area contributed by atoms with Gasteiger partial charge in [-0.1, -0.05) is 25.3 Å². The fraction of sp³-hybridized carbons (Fsp3) is 0.692. The maximum atomic E-state index is 11.0. The number of esters is 1. The van der Waals surface area contributed by atoms with Gasteiger partial charge in [-0.25, -0.2) is 4.79 Å². The van der Waals surface area contributed by atoms with Gasteiger partial charge in [0, 0.05) is 12.7 Å². The summed E-state index contributed by atoms with van der Waals surface area (Å²) in [5.74, 6) is -0.437. The van der Waals surface area contributed by atoms with Gasteiger partial charge in [0.2, 0.25) is 0 Å². The zero-order valence-corrected chi connectivity index (χ0v) is 10.3. The molecule has 0 heterocycles. The second kappa shape index (κ2) is 11.6. The summed E-state index contributed by atoms with van der Waals surface area (Å²) in [5, 5.41) is 17.4. The van der Waals surface area contributed by atoms with Crippen molar-refractivity contribution in [3.05, 3.63) is 19.1 Å². The highest BCUT2D eigenvalue weighted by Crippen LogP contribution is 2.05. The van der Waals surface area contributed by atoms with Gasteiger partial charge in [-0.3, -0.25) is 0 Å². The lowest BCUT2D eigenvalue weighted by molar-refractivity contribution is -0.139. The van der Waals surface area contributed by atoms with E-state index in [9.17, 15) is 4.79 Å². The smallest absolute Gasteiger partial charge is 0.330 e. The summed E-state index contributed by atoms with van der Waals surface area (Å²) in [4.78, 5) is 11.0. The van der Waals surface area contributed by atoms with Crippen molar-refractivity contribution in [1.82, 2.24) is 0 Å². The summed E-state index contributed by atoms with van der Waals surface area (Å²) in [6.45, 7) is 3.49. The average molecular weight is 243 g/mol. The molecule has 0 saturated carbocycles. The molecule has 0 aromatic carbocycles. The van der Waals surface area contributed by atoms with Crippen LogP contribution in [0.15, 0.2) is 12.2 Å². The number of aliphatic hydroxyl groups is 2. The highest BCUT2D eigenvalue weighted by Gasteiger charge is 1.99. The summed E-state index contributed by atoms with van der Waals surface area (Å²) in [6, 6.07) is 0. The summed E-state index contributed by atoms with van der Waals surface area (Å²) < 4.78 is 4.70. The molecule has 17 heavy (non-hydrogen) atoms. The van der Waals surface area contributed by atoms with Gasteiger partial charge in [0.05, 0.1) is 6.10 Å². The maximum absolute atomic E-state index is 11.0. The zero-order chi connectivity index (χ0) is 12.9. The molecule has 0 aliphatic heterocycles. The molecule has 4 nitrogen and oxygen atoms in total. The molecule has 99 valence electrons. The third-order valence-electron chi connectivity index (χ3n) is 2.20. The second-order valence-electron chi connectivity index (χ2n) is 3.97. The number of rotatable bonds is 10. The van der Waals surface area contributed by atoms with E-state index in [-0.39, 0.29) is 13.2 Å². The van der Waals surface area contributed by atoms with Crippen LogP contribution in [0.5, 0.6) is 0 Å². The van der Waals surface area contributed by atoms with E-state index in [1.807, 2.05) is 0 Å². The first-order valence-electron chi connectivity index (χ1n) is 6.12. The molecule has 0 aromatic rings. The quantitative estimate of drug-likeness (QED) is 0.347. The minimum atomic E-state index is -0.862. The molecule has 1 radical (unpaired) electrons. The number of carbonyl (C=O) groups excluding carboxylic acids is 1. The maximum Gasteiger partial charge on any atom is 0.330 e. The number of hydrogen-bond acceptors (Lipinski definition) is 4. The van der Waals surface area contributed by atoms with Crippen molar-refractivity contribution >= 4 is 5.97 Å². The summed E-state index contributed by atoms with van der Waals surface area (Å²) in [5.41, 5.74) is 0. The van der Waals surface area contributed by atoms with Crippen LogP contribution in [0.2, 0.25) is 0 Å². The molecule has 0 rings (SSSR count). The molecule has 0 saturated heterocycles. The van der Waals surface area contributed by atoms with Crippen LogP contribution in [-0.4, -0.2) is 35.5 Å². The van der Waals surface area contributed by atoms with Crippen LogP contribution in [0.4, 0.5) is 0 Å². The SMILES string of the molecule is [CH2]C(O)COC(=O)/C=C/CCCCCCCO. The zero-order valence-electron chi connectivity index (χ0n) is 10.3. The summed E-state index contributed by atoms with van der Waals surface area (Å²) in [6.07, 6.45) is 8.34. The Kier molecular flexibility index (Phi) is 11.0. The van der Waals surface area contributed by atoms with Crippen molar-refractivity contribution < 1.29 is 19.7 Å². The van der Waals surface area contributed by atoms with Crippen LogP contribution >= 0.6 is 0 Å². The average Bonchev–Trinajstić information content (AvgIpc) is 2.30. The van der Waals surface area contributed by atoms with Crippen molar-refractivity contribution in [2.24, 2.45) is 0 Å². The van der Waals surface area contributed by atoms with Crippen molar-refractivity contribution in [1.29, 1.82) is 0 Å². The monoisotopic (exact) mass is 243 g/mol. The molecule has 1 atom stereocenters. The molecule has 1 unspecified atom stereocenters. The summed E-state index contributed by atoms with van der Waals surface area (Å²) >= 11 is 0. The van der Waals surface area contributed by atoms with Gasteiger partial charge in [-0.05, 0) is 26.2 Å². The normalized spacial score (nSPS) is 12.9. The van der Waals surface area contributed by atoms with E-state index >= 15 is 0 Å². The van der Waals surface area contributed by atoms with Crippen molar-refractivity contribution in [3.63, 3.8) is 0 Å². The van der Waals surface area contributed by atoms with E-state index in [4.69, 9.17) is 14.9 Å². The van der Waals surface area contributed by atoms with Crippen molar-refractivity contribution in [2.45, 2.75) is 44.6 Å². The predicted octanol–water partition coefficient (Wildman–Crippen LogP) is 1.61. The third kappa shape index (κ3) is 13.1. The molecule has 0 aliphatic rings. The van der Waals surface area contributed by atoms with Gasteiger partial charge in [0.15, 0.2) is 0 Å². The number of aliphatic hydroxyl groups excluding tert-OH is 2. The highest BCUT2D eigenvalue weighted by atomic mass is 16.5. The van der Waals surface area contributed by atoms with Gasteiger partial charge < -0.3 is 14.9 Å². The standard InChI is InChI=1S/C13H23O4/c1-12(15)11-17-13(16)9-7-5-3-2-4-6-8-10-14/h7,9,12,14-15H,1-6,8,10-11H2/b9-7+. The Morgan fingerprint density at radius 2 is 1.88 bits per heavy atom. The van der Waals surface area contributed by atoms with E-state index < -0.39 is 12.1 Å². The van der Waals surface area contributed by atoms with Crippen LogP contribution in [0.25, 0.3) is 0 Å². The number of ether oxygens (including phenoxy) is 1. The van der Waals surface area contributed by atoms with E-state index in [0.29, 0.717) is 0 Å². The van der Waals surface area contributed by atoms with Crippen LogP contribution in [0.1, 0.15) is 38.5 Å². The lowest BCUT2D eigenvalue weighted by atomic mass is 10.1. The topological polar surface area (TPSA) is 66.8 Å². The first kappa shape index (κ1) is 16.1. The predicted molar refractivity (Wildman–Crippen MR) is 66.3 cm³/mol. The fourth-order valence-corrected chi connectivity index (χ4v) is 1.31. The van der Waals surface area contributed by atoms with Gasteiger partial charge in [-0.15, -0.1) is 0 Å². The van der Waals surface area contributed by atoms with E-state index in [2.05, 4.69) is 6.92 Å². The second-order valence-corrected chi connectivity index (χ2v) is 3.97. The molecular weight excluding hydrogens is 220 g/mol. The molecule has 0 aromatic heterocycles. The van der Waals surface area contributed by atoms with Gasteiger partial charge in [0.1, 0.15) is 6.61 Å². The molecule has 0 aliphatic carbocycles. The van der Waals surface area contributed by atoms with Crippen LogP contribution in [-0.2, 0) is 9.53 Å².